The largest absolute Gasteiger partial charge is 0.573 e. The number of nitrogens with two attached hydrogens (primary N) is 1. The average molecular weight is 359 g/mol. The Morgan fingerprint density at radius 3 is 2.12 bits per heavy atom. The maximum atomic E-state index is 12.4. The van der Waals surface area contributed by atoms with Gasteiger partial charge in [0.2, 0.25) is 5.91 Å². The van der Waals surface area contributed by atoms with Gasteiger partial charge in [-0.15, -0.1) is 13.2 Å². The number of amides is 2. The molecule has 25 heavy (non-hydrogen) atoms. The van der Waals surface area contributed by atoms with Gasteiger partial charge in [0.05, 0.1) is 6.04 Å². The first-order valence-corrected chi connectivity index (χ1v) is 7.90. The Morgan fingerprint density at radius 2 is 1.64 bits per heavy atom. The van der Waals surface area contributed by atoms with Crippen LogP contribution in [0, 0.1) is 0 Å². The topological polar surface area (TPSA) is 75.9 Å². The van der Waals surface area contributed by atoms with E-state index >= 15 is 0 Å². The van der Waals surface area contributed by atoms with Crippen LogP contribution in [0.4, 0.5) is 13.2 Å². The van der Waals surface area contributed by atoms with Crippen molar-refractivity contribution in [2.75, 3.05) is 26.2 Å². The molecule has 1 aliphatic heterocycles. The second kappa shape index (κ2) is 7.73. The molecule has 138 valence electrons. The lowest BCUT2D eigenvalue weighted by molar-refractivity contribution is -0.274. The third-order valence-electron chi connectivity index (χ3n) is 3.97. The third-order valence-corrected chi connectivity index (χ3v) is 3.97. The standard InChI is InChI=1S/C16H20F3N3O3/c1-2-13(20)15(24)22-9-7-21(8-10-22)14(23)11-3-5-12(6-4-11)25-16(17,18)19/h3-6,13H,2,7-10,20H2,1H3/t13-/m0/s1. The predicted octanol–water partition coefficient (Wildman–Crippen LogP) is 1.61. The number of halogens is 3. The molecular formula is C16H20F3N3O3. The van der Waals surface area contributed by atoms with Crippen LogP contribution in [0.5, 0.6) is 5.75 Å². The van der Waals surface area contributed by atoms with E-state index in [4.69, 9.17) is 5.73 Å². The quantitative estimate of drug-likeness (QED) is 0.886. The van der Waals surface area contributed by atoms with E-state index in [-0.39, 0.29) is 23.1 Å². The highest BCUT2D eigenvalue weighted by atomic mass is 19.4. The highest BCUT2D eigenvalue weighted by Crippen LogP contribution is 2.23. The van der Waals surface area contributed by atoms with E-state index in [1.54, 1.807) is 9.80 Å². The fourth-order valence-corrected chi connectivity index (χ4v) is 2.52. The maximum Gasteiger partial charge on any atom is 0.573 e. The molecule has 1 heterocycles. The second-order valence-electron chi connectivity index (χ2n) is 5.70. The summed E-state index contributed by atoms with van der Waals surface area (Å²) in [4.78, 5) is 27.6. The zero-order valence-corrected chi connectivity index (χ0v) is 13.8. The lowest BCUT2D eigenvalue weighted by Crippen LogP contribution is -2.54. The van der Waals surface area contributed by atoms with Gasteiger partial charge in [-0.2, -0.15) is 0 Å². The molecule has 2 amide bonds. The number of rotatable bonds is 4. The molecule has 1 atom stereocenters. The van der Waals surface area contributed by atoms with E-state index in [0.717, 1.165) is 12.1 Å². The molecule has 0 unspecified atom stereocenters. The van der Waals surface area contributed by atoms with Gasteiger partial charge in [0.1, 0.15) is 5.75 Å². The molecule has 1 aromatic carbocycles. The summed E-state index contributed by atoms with van der Waals surface area (Å²) in [6, 6.07) is 4.23. The molecule has 1 aliphatic rings. The Labute approximate surface area is 143 Å². The van der Waals surface area contributed by atoms with Crippen molar-refractivity contribution in [3.8, 4) is 5.75 Å². The van der Waals surface area contributed by atoms with Crippen molar-refractivity contribution in [3.05, 3.63) is 29.8 Å². The SMILES string of the molecule is CC[C@H](N)C(=O)N1CCN(C(=O)c2ccc(OC(F)(F)F)cc2)CC1. The molecule has 1 aromatic rings. The second-order valence-corrected chi connectivity index (χ2v) is 5.70. The van der Waals surface area contributed by atoms with Gasteiger partial charge in [0.25, 0.3) is 5.91 Å². The zero-order chi connectivity index (χ0) is 18.6. The molecule has 1 saturated heterocycles. The van der Waals surface area contributed by atoms with Crippen LogP contribution in [0.3, 0.4) is 0 Å². The molecule has 2 N–H and O–H groups in total. The third kappa shape index (κ3) is 5.09. The maximum absolute atomic E-state index is 12.4. The number of carbonyl (C=O) groups excluding carboxylic acids is 2. The molecule has 2 rings (SSSR count). The van der Waals surface area contributed by atoms with Crippen molar-refractivity contribution >= 4 is 11.8 Å². The van der Waals surface area contributed by atoms with Crippen LogP contribution in [-0.2, 0) is 4.79 Å². The Hall–Kier alpha value is -2.29. The van der Waals surface area contributed by atoms with E-state index in [1.165, 1.54) is 12.1 Å². The van der Waals surface area contributed by atoms with Gasteiger partial charge < -0.3 is 20.3 Å². The summed E-state index contributed by atoms with van der Waals surface area (Å²) in [7, 11) is 0. The normalized spacial score (nSPS) is 16.5. The van der Waals surface area contributed by atoms with Crippen molar-refractivity contribution in [2.45, 2.75) is 25.7 Å². The predicted molar refractivity (Wildman–Crippen MR) is 83.9 cm³/mol. The van der Waals surface area contributed by atoms with E-state index in [9.17, 15) is 22.8 Å². The highest BCUT2D eigenvalue weighted by molar-refractivity contribution is 5.94. The Bertz CT molecular complexity index is 611. The number of benzene rings is 1. The van der Waals surface area contributed by atoms with Crippen LogP contribution in [0.25, 0.3) is 0 Å². The van der Waals surface area contributed by atoms with Gasteiger partial charge in [-0.25, -0.2) is 0 Å². The van der Waals surface area contributed by atoms with Gasteiger partial charge in [-0.1, -0.05) is 6.92 Å². The summed E-state index contributed by atoms with van der Waals surface area (Å²) in [5.74, 6) is -0.818. The van der Waals surface area contributed by atoms with Crippen molar-refractivity contribution in [1.82, 2.24) is 9.80 Å². The van der Waals surface area contributed by atoms with Crippen LogP contribution >= 0.6 is 0 Å². The zero-order valence-electron chi connectivity index (χ0n) is 13.8. The Kier molecular flexibility index (Phi) is 5.89. The smallest absolute Gasteiger partial charge is 0.406 e. The minimum absolute atomic E-state index is 0.136. The van der Waals surface area contributed by atoms with Gasteiger partial charge >= 0.3 is 6.36 Å². The first-order chi connectivity index (χ1) is 11.7. The van der Waals surface area contributed by atoms with Gasteiger partial charge in [-0.3, -0.25) is 9.59 Å². The molecular weight excluding hydrogens is 339 g/mol. The summed E-state index contributed by atoms with van der Waals surface area (Å²) < 4.78 is 40.2. The molecule has 1 fully saturated rings. The lowest BCUT2D eigenvalue weighted by Gasteiger charge is -2.35. The molecule has 0 radical (unpaired) electrons. The summed E-state index contributed by atoms with van der Waals surface area (Å²) >= 11 is 0. The molecule has 0 spiro atoms. The average Bonchev–Trinajstić information content (AvgIpc) is 2.59. The number of hydrogen-bond donors (Lipinski definition) is 1. The summed E-state index contributed by atoms with van der Waals surface area (Å²) in [5.41, 5.74) is 5.99. The van der Waals surface area contributed by atoms with Crippen LogP contribution in [-0.4, -0.2) is 60.2 Å². The van der Waals surface area contributed by atoms with Crippen molar-refractivity contribution in [2.24, 2.45) is 5.73 Å². The van der Waals surface area contributed by atoms with Crippen LogP contribution in [0.2, 0.25) is 0 Å². The van der Waals surface area contributed by atoms with Crippen LogP contribution < -0.4 is 10.5 Å². The molecule has 6 nitrogen and oxygen atoms in total. The van der Waals surface area contributed by atoms with Gasteiger partial charge in [0.15, 0.2) is 0 Å². The number of hydrogen-bond acceptors (Lipinski definition) is 4. The highest BCUT2D eigenvalue weighted by Gasteiger charge is 2.31. The molecule has 0 aromatic heterocycles. The van der Waals surface area contributed by atoms with E-state index in [2.05, 4.69) is 4.74 Å². The summed E-state index contributed by atoms with van der Waals surface area (Å²) in [6.45, 7) is 3.29. The molecule has 9 heteroatoms. The Morgan fingerprint density at radius 1 is 1.12 bits per heavy atom. The summed E-state index contributed by atoms with van der Waals surface area (Å²) in [6.07, 6.45) is -4.22. The van der Waals surface area contributed by atoms with E-state index < -0.39 is 12.4 Å². The number of nitrogens with zero attached hydrogens (tertiary/aromatic N) is 2. The summed E-state index contributed by atoms with van der Waals surface area (Å²) in [5, 5.41) is 0. The minimum atomic E-state index is -4.77. The molecule has 0 bridgehead atoms. The van der Waals surface area contributed by atoms with Crippen LogP contribution in [0.1, 0.15) is 23.7 Å². The molecule has 0 saturated carbocycles. The fraction of sp³-hybridized carbons (Fsp3) is 0.500. The number of alkyl halides is 3. The number of ether oxygens (including phenoxy) is 1. The van der Waals surface area contributed by atoms with Crippen molar-refractivity contribution < 1.29 is 27.5 Å². The first kappa shape index (κ1) is 19.0. The van der Waals surface area contributed by atoms with Crippen molar-refractivity contribution in [1.29, 1.82) is 0 Å². The minimum Gasteiger partial charge on any atom is -0.406 e. The lowest BCUT2D eigenvalue weighted by atomic mass is 10.1. The monoisotopic (exact) mass is 359 g/mol. The van der Waals surface area contributed by atoms with Crippen molar-refractivity contribution in [3.63, 3.8) is 0 Å². The Balaban J connectivity index is 1.93. The number of piperazine rings is 1. The van der Waals surface area contributed by atoms with Crippen LogP contribution in [0.15, 0.2) is 24.3 Å². The van der Waals surface area contributed by atoms with Gasteiger partial charge in [0, 0.05) is 31.7 Å². The van der Waals surface area contributed by atoms with E-state index in [0.29, 0.717) is 32.6 Å². The molecule has 0 aliphatic carbocycles. The number of carbonyl (C=O) groups is 2. The van der Waals surface area contributed by atoms with E-state index in [1.807, 2.05) is 6.92 Å². The first-order valence-electron chi connectivity index (χ1n) is 7.90. The van der Waals surface area contributed by atoms with Gasteiger partial charge in [-0.05, 0) is 30.7 Å². The fourth-order valence-electron chi connectivity index (χ4n) is 2.52.